The van der Waals surface area contributed by atoms with Crippen LogP contribution in [0, 0.1) is 5.41 Å². The minimum atomic E-state index is -0.821. The van der Waals surface area contributed by atoms with Crippen LogP contribution in [0.4, 0.5) is 0 Å². The molecule has 0 aromatic heterocycles. The second kappa shape index (κ2) is 7.04. The molecule has 1 heterocycles. The van der Waals surface area contributed by atoms with Crippen LogP contribution in [0.1, 0.15) is 32.1 Å². The molecule has 1 amide bonds. The minimum absolute atomic E-state index is 0.117. The fourth-order valence-electron chi connectivity index (χ4n) is 3.07. The maximum Gasteiger partial charge on any atom is 0.310 e. The normalized spacial score (nSPS) is 22.6. The first kappa shape index (κ1) is 15.3. The smallest absolute Gasteiger partial charge is 0.310 e. The highest BCUT2D eigenvalue weighted by atomic mass is 16.5. The van der Waals surface area contributed by atoms with E-state index in [1.165, 1.54) is 0 Å². The van der Waals surface area contributed by atoms with E-state index in [0.29, 0.717) is 19.4 Å². The molecule has 0 bridgehead atoms. The third kappa shape index (κ3) is 3.93. The number of carboxylic acid groups (broad SMARTS) is 1. The van der Waals surface area contributed by atoms with E-state index in [1.54, 1.807) is 0 Å². The summed E-state index contributed by atoms with van der Waals surface area (Å²) in [5, 5.41) is 12.2. The Kier molecular flexibility index (Phi) is 5.37. The molecule has 0 radical (unpaired) electrons. The molecule has 1 saturated heterocycles. The summed E-state index contributed by atoms with van der Waals surface area (Å²) in [6.45, 7) is 4.67. The zero-order chi connectivity index (χ0) is 14.4. The first-order valence-corrected chi connectivity index (χ1v) is 7.43. The second-order valence-corrected chi connectivity index (χ2v) is 5.77. The monoisotopic (exact) mass is 284 g/mol. The van der Waals surface area contributed by atoms with Gasteiger partial charge in [-0.15, -0.1) is 0 Å². The summed E-state index contributed by atoms with van der Waals surface area (Å²) in [4.78, 5) is 25.6. The number of nitrogens with one attached hydrogen (secondary N) is 1. The van der Waals surface area contributed by atoms with Crippen molar-refractivity contribution in [2.45, 2.75) is 32.1 Å². The van der Waals surface area contributed by atoms with Gasteiger partial charge in [0.1, 0.15) is 0 Å². The number of ether oxygens (including phenoxy) is 1. The van der Waals surface area contributed by atoms with Crippen LogP contribution in [0.3, 0.4) is 0 Å². The molecule has 0 unspecified atom stereocenters. The fraction of sp³-hybridized carbons (Fsp3) is 0.857. The Morgan fingerprint density at radius 3 is 2.45 bits per heavy atom. The lowest BCUT2D eigenvalue weighted by Gasteiger charge is -2.27. The topological polar surface area (TPSA) is 78.9 Å². The van der Waals surface area contributed by atoms with Crippen molar-refractivity contribution in [3.8, 4) is 0 Å². The van der Waals surface area contributed by atoms with E-state index in [9.17, 15) is 14.7 Å². The molecular weight excluding hydrogens is 260 g/mol. The van der Waals surface area contributed by atoms with Crippen molar-refractivity contribution in [2.24, 2.45) is 5.41 Å². The highest BCUT2D eigenvalue weighted by molar-refractivity contribution is 5.85. The molecule has 20 heavy (non-hydrogen) atoms. The molecule has 0 spiro atoms. The summed E-state index contributed by atoms with van der Waals surface area (Å²) in [5.74, 6) is -0.958. The predicted octanol–water partition coefficient (Wildman–Crippen LogP) is 0.470. The van der Waals surface area contributed by atoms with E-state index in [4.69, 9.17) is 4.74 Å². The molecule has 2 fully saturated rings. The Balaban J connectivity index is 1.70. The van der Waals surface area contributed by atoms with E-state index < -0.39 is 11.4 Å². The van der Waals surface area contributed by atoms with E-state index >= 15 is 0 Å². The van der Waals surface area contributed by atoms with Crippen molar-refractivity contribution < 1.29 is 19.4 Å². The predicted molar refractivity (Wildman–Crippen MR) is 73.4 cm³/mol. The van der Waals surface area contributed by atoms with Gasteiger partial charge in [0.15, 0.2) is 0 Å². The van der Waals surface area contributed by atoms with Gasteiger partial charge in [0.25, 0.3) is 0 Å². The summed E-state index contributed by atoms with van der Waals surface area (Å²) in [7, 11) is 0. The van der Waals surface area contributed by atoms with Gasteiger partial charge in [0.2, 0.25) is 5.91 Å². The molecule has 6 nitrogen and oxygen atoms in total. The van der Waals surface area contributed by atoms with Gasteiger partial charge in [-0.25, -0.2) is 0 Å². The number of hydrogen-bond acceptors (Lipinski definition) is 4. The lowest BCUT2D eigenvalue weighted by Crippen LogP contribution is -2.42. The molecule has 1 saturated carbocycles. The molecule has 1 aliphatic heterocycles. The summed E-state index contributed by atoms with van der Waals surface area (Å²) < 4.78 is 5.26. The first-order chi connectivity index (χ1) is 9.62. The quantitative estimate of drug-likeness (QED) is 0.741. The average molecular weight is 284 g/mol. The summed E-state index contributed by atoms with van der Waals surface area (Å²) >= 11 is 0. The summed E-state index contributed by atoms with van der Waals surface area (Å²) in [5.41, 5.74) is -0.816. The Bertz CT molecular complexity index is 347. The maximum absolute atomic E-state index is 11.9. The molecule has 2 N–H and O–H groups in total. The van der Waals surface area contributed by atoms with Crippen LogP contribution in [0.25, 0.3) is 0 Å². The number of carboxylic acids is 1. The Morgan fingerprint density at radius 1 is 1.20 bits per heavy atom. The van der Waals surface area contributed by atoms with E-state index in [2.05, 4.69) is 10.2 Å². The number of carbonyl (C=O) groups is 2. The van der Waals surface area contributed by atoms with Crippen molar-refractivity contribution >= 4 is 11.9 Å². The molecule has 0 aromatic rings. The number of carbonyl (C=O) groups excluding carboxylic acids is 1. The van der Waals surface area contributed by atoms with Crippen LogP contribution in [-0.2, 0) is 14.3 Å². The third-order valence-electron chi connectivity index (χ3n) is 4.37. The van der Waals surface area contributed by atoms with Crippen LogP contribution >= 0.6 is 0 Å². The van der Waals surface area contributed by atoms with Crippen LogP contribution < -0.4 is 5.32 Å². The van der Waals surface area contributed by atoms with Gasteiger partial charge in [-0.2, -0.15) is 0 Å². The molecular formula is C14H24N2O4. The van der Waals surface area contributed by atoms with Crippen LogP contribution in [0.15, 0.2) is 0 Å². The van der Waals surface area contributed by atoms with Gasteiger partial charge in [-0.1, -0.05) is 12.8 Å². The zero-order valence-electron chi connectivity index (χ0n) is 11.9. The Morgan fingerprint density at radius 2 is 1.85 bits per heavy atom. The highest BCUT2D eigenvalue weighted by Crippen LogP contribution is 2.41. The third-order valence-corrected chi connectivity index (χ3v) is 4.37. The zero-order valence-corrected chi connectivity index (χ0v) is 11.9. The Labute approximate surface area is 119 Å². The largest absolute Gasteiger partial charge is 0.481 e. The summed E-state index contributed by atoms with van der Waals surface area (Å²) in [6, 6.07) is 0. The van der Waals surface area contributed by atoms with Crippen LogP contribution in [0.5, 0.6) is 0 Å². The lowest BCUT2D eigenvalue weighted by molar-refractivity contribution is -0.151. The van der Waals surface area contributed by atoms with E-state index in [-0.39, 0.29) is 12.3 Å². The second-order valence-electron chi connectivity index (χ2n) is 5.77. The van der Waals surface area contributed by atoms with Crippen LogP contribution in [-0.4, -0.2) is 61.3 Å². The number of morpholine rings is 1. The number of hydrogen-bond donors (Lipinski definition) is 2. The first-order valence-electron chi connectivity index (χ1n) is 7.43. The maximum atomic E-state index is 11.9. The van der Waals surface area contributed by atoms with E-state index in [0.717, 1.165) is 45.7 Å². The SMILES string of the molecule is O=C(CC1(C(=O)O)CCCC1)NCCN1CCOCC1. The van der Waals surface area contributed by atoms with Crippen molar-refractivity contribution in [2.75, 3.05) is 39.4 Å². The van der Waals surface area contributed by atoms with Crippen molar-refractivity contribution in [1.82, 2.24) is 10.2 Å². The van der Waals surface area contributed by atoms with Gasteiger partial charge in [0.05, 0.1) is 18.6 Å². The van der Waals surface area contributed by atoms with Crippen molar-refractivity contribution in [3.05, 3.63) is 0 Å². The standard InChI is InChI=1S/C14H24N2O4/c17-12(11-14(13(18)19)3-1-2-4-14)15-5-6-16-7-9-20-10-8-16/h1-11H2,(H,15,17)(H,18,19). The van der Waals surface area contributed by atoms with Gasteiger partial charge < -0.3 is 15.2 Å². The number of amides is 1. The highest BCUT2D eigenvalue weighted by Gasteiger charge is 2.42. The van der Waals surface area contributed by atoms with Crippen LogP contribution in [0.2, 0.25) is 0 Å². The molecule has 0 atom stereocenters. The van der Waals surface area contributed by atoms with Gasteiger partial charge in [0, 0.05) is 32.6 Å². The molecule has 6 heteroatoms. The molecule has 2 rings (SSSR count). The van der Waals surface area contributed by atoms with Crippen molar-refractivity contribution in [3.63, 3.8) is 0 Å². The number of rotatable bonds is 6. The molecule has 1 aliphatic carbocycles. The molecule has 2 aliphatic rings. The fourth-order valence-corrected chi connectivity index (χ4v) is 3.07. The van der Waals surface area contributed by atoms with E-state index in [1.807, 2.05) is 0 Å². The Hall–Kier alpha value is -1.14. The molecule has 114 valence electrons. The molecule has 0 aromatic carbocycles. The van der Waals surface area contributed by atoms with Gasteiger partial charge >= 0.3 is 5.97 Å². The average Bonchev–Trinajstić information content (AvgIpc) is 2.90. The van der Waals surface area contributed by atoms with Crippen molar-refractivity contribution in [1.29, 1.82) is 0 Å². The lowest BCUT2D eigenvalue weighted by atomic mass is 9.82. The van der Waals surface area contributed by atoms with Gasteiger partial charge in [-0.05, 0) is 12.8 Å². The van der Waals surface area contributed by atoms with Gasteiger partial charge in [-0.3, -0.25) is 14.5 Å². The minimum Gasteiger partial charge on any atom is -0.481 e. The number of nitrogens with zero attached hydrogens (tertiary/aromatic N) is 1. The number of aliphatic carboxylic acids is 1. The summed E-state index contributed by atoms with van der Waals surface area (Å²) in [6.07, 6.45) is 3.19.